The fourth-order valence-corrected chi connectivity index (χ4v) is 4.39. The third-order valence-electron chi connectivity index (χ3n) is 6.08. The van der Waals surface area contributed by atoms with Gasteiger partial charge in [-0.3, -0.25) is 0 Å². The van der Waals surface area contributed by atoms with Gasteiger partial charge in [-0.25, -0.2) is 0 Å². The lowest BCUT2D eigenvalue weighted by Crippen LogP contribution is -2.51. The molecule has 1 aliphatic carbocycles. The first-order valence-corrected chi connectivity index (χ1v) is 9.00. The van der Waals surface area contributed by atoms with E-state index < -0.39 is 0 Å². The maximum absolute atomic E-state index is 10.7. The van der Waals surface area contributed by atoms with Crippen LogP contribution in [-0.2, 0) is 6.42 Å². The van der Waals surface area contributed by atoms with Gasteiger partial charge in [0.15, 0.2) is 0 Å². The zero-order chi connectivity index (χ0) is 16.8. The molecule has 3 rings (SSSR count). The van der Waals surface area contributed by atoms with Crippen molar-refractivity contribution in [3.8, 4) is 11.5 Å². The maximum Gasteiger partial charge on any atom is 0.127 e. The Bertz CT molecular complexity index is 641. The number of unbranched alkanes of at least 4 members (excludes halogenated alkanes) is 2. The summed E-state index contributed by atoms with van der Waals surface area (Å²) in [6.45, 7) is 11.1. The zero-order valence-electron chi connectivity index (χ0n) is 15.2. The number of ether oxygens (including phenoxy) is 1. The van der Waals surface area contributed by atoms with E-state index >= 15 is 0 Å². The predicted octanol–water partition coefficient (Wildman–Crippen LogP) is 5.74. The van der Waals surface area contributed by atoms with Crippen LogP contribution in [0, 0.1) is 5.41 Å². The molecule has 0 fully saturated rings. The van der Waals surface area contributed by atoms with Gasteiger partial charge in [0.1, 0.15) is 17.1 Å². The number of phenolic OH excluding ortho intramolecular Hbond substituents is 1. The molecular formula is C21H30O2. The van der Waals surface area contributed by atoms with E-state index in [1.165, 1.54) is 24.0 Å². The van der Waals surface area contributed by atoms with E-state index in [1.807, 2.05) is 6.07 Å². The highest BCUT2D eigenvalue weighted by Gasteiger charge is 2.55. The lowest BCUT2D eigenvalue weighted by Gasteiger charge is -2.50. The molecule has 0 amide bonds. The van der Waals surface area contributed by atoms with Crippen LogP contribution in [-0.4, -0.2) is 10.7 Å². The fraction of sp³-hybridized carbons (Fsp3) is 0.619. The molecule has 0 radical (unpaired) electrons. The second-order valence-electron chi connectivity index (χ2n) is 8.18. The smallest absolute Gasteiger partial charge is 0.127 e. The highest BCUT2D eigenvalue weighted by Crippen LogP contribution is 2.61. The minimum Gasteiger partial charge on any atom is -0.507 e. The Balaban J connectivity index is 2.02. The van der Waals surface area contributed by atoms with E-state index in [9.17, 15) is 5.11 Å². The number of allylic oxidation sites excluding steroid dienone is 2. The highest BCUT2D eigenvalue weighted by molar-refractivity contribution is 5.55. The Hall–Kier alpha value is -1.44. The van der Waals surface area contributed by atoms with Crippen molar-refractivity contribution in [1.29, 1.82) is 0 Å². The van der Waals surface area contributed by atoms with Crippen LogP contribution in [0.1, 0.15) is 77.3 Å². The molecule has 1 aromatic carbocycles. The summed E-state index contributed by atoms with van der Waals surface area (Å²) in [6.07, 6.45) is 7.98. The minimum absolute atomic E-state index is 0.00525. The van der Waals surface area contributed by atoms with Crippen molar-refractivity contribution in [2.45, 2.75) is 78.2 Å². The van der Waals surface area contributed by atoms with Crippen LogP contribution in [0.2, 0.25) is 0 Å². The molecule has 2 aliphatic rings. The van der Waals surface area contributed by atoms with Gasteiger partial charge in [-0.2, -0.15) is 0 Å². The lowest BCUT2D eigenvalue weighted by molar-refractivity contribution is -0.0434. The van der Waals surface area contributed by atoms with Gasteiger partial charge in [0.05, 0.1) is 0 Å². The number of hydrogen-bond donors (Lipinski definition) is 1. The van der Waals surface area contributed by atoms with Crippen molar-refractivity contribution in [1.82, 2.24) is 0 Å². The molecular weight excluding hydrogens is 284 g/mol. The average molecular weight is 314 g/mol. The van der Waals surface area contributed by atoms with Crippen LogP contribution < -0.4 is 4.74 Å². The molecule has 1 aliphatic heterocycles. The molecule has 0 bridgehead atoms. The topological polar surface area (TPSA) is 29.5 Å². The van der Waals surface area contributed by atoms with Crippen LogP contribution in [0.3, 0.4) is 0 Å². The van der Waals surface area contributed by atoms with Crippen LogP contribution in [0.4, 0.5) is 0 Å². The Morgan fingerprint density at radius 2 is 1.96 bits per heavy atom. The van der Waals surface area contributed by atoms with E-state index in [-0.39, 0.29) is 16.9 Å². The van der Waals surface area contributed by atoms with E-state index in [2.05, 4.69) is 46.8 Å². The van der Waals surface area contributed by atoms with Crippen LogP contribution >= 0.6 is 0 Å². The molecule has 0 aromatic heterocycles. The van der Waals surface area contributed by atoms with E-state index in [0.29, 0.717) is 5.75 Å². The van der Waals surface area contributed by atoms with Crippen molar-refractivity contribution in [2.75, 3.05) is 0 Å². The first-order valence-electron chi connectivity index (χ1n) is 9.00. The molecule has 23 heavy (non-hydrogen) atoms. The molecule has 2 atom stereocenters. The van der Waals surface area contributed by atoms with Crippen LogP contribution in [0.5, 0.6) is 11.5 Å². The molecule has 0 saturated carbocycles. The van der Waals surface area contributed by atoms with E-state index in [0.717, 1.165) is 30.6 Å². The van der Waals surface area contributed by atoms with Crippen LogP contribution in [0.15, 0.2) is 23.8 Å². The van der Waals surface area contributed by atoms with Crippen molar-refractivity contribution in [3.05, 3.63) is 34.9 Å². The normalized spacial score (nSPS) is 27.9. The molecule has 2 nitrogen and oxygen atoms in total. The number of rotatable bonds is 4. The number of phenols is 1. The summed E-state index contributed by atoms with van der Waals surface area (Å²) < 4.78 is 6.42. The largest absolute Gasteiger partial charge is 0.507 e. The van der Waals surface area contributed by atoms with E-state index in [4.69, 9.17) is 4.74 Å². The van der Waals surface area contributed by atoms with E-state index in [1.54, 1.807) is 0 Å². The number of aromatic hydroxyl groups is 1. The molecule has 1 N–H and O–H groups in total. The van der Waals surface area contributed by atoms with Gasteiger partial charge in [0.25, 0.3) is 0 Å². The summed E-state index contributed by atoms with van der Waals surface area (Å²) in [4.78, 5) is 0. The molecule has 0 spiro atoms. The van der Waals surface area contributed by atoms with Crippen molar-refractivity contribution in [2.24, 2.45) is 5.41 Å². The predicted molar refractivity (Wildman–Crippen MR) is 95.3 cm³/mol. The third kappa shape index (κ3) is 2.56. The Kier molecular flexibility index (Phi) is 3.98. The third-order valence-corrected chi connectivity index (χ3v) is 6.08. The Morgan fingerprint density at radius 3 is 2.65 bits per heavy atom. The summed E-state index contributed by atoms with van der Waals surface area (Å²) in [5, 5.41) is 10.7. The van der Waals surface area contributed by atoms with Gasteiger partial charge in [-0.05, 0) is 57.7 Å². The summed E-state index contributed by atoms with van der Waals surface area (Å²) in [5.41, 5.74) is 3.34. The summed E-state index contributed by atoms with van der Waals surface area (Å²) in [5.74, 6) is 1.53. The second kappa shape index (κ2) is 5.58. The zero-order valence-corrected chi connectivity index (χ0v) is 15.2. The Labute approximate surface area is 140 Å². The first-order chi connectivity index (χ1) is 10.8. The number of aryl methyl sites for hydroxylation is 1. The van der Waals surface area contributed by atoms with Crippen LogP contribution in [0.25, 0.3) is 0 Å². The molecule has 0 saturated heterocycles. The second-order valence-corrected chi connectivity index (χ2v) is 8.18. The monoisotopic (exact) mass is 314 g/mol. The molecule has 1 unspecified atom stereocenters. The van der Waals surface area contributed by atoms with Crippen molar-refractivity contribution < 1.29 is 9.84 Å². The summed E-state index contributed by atoms with van der Waals surface area (Å²) in [6, 6.07) is 4.12. The highest BCUT2D eigenvalue weighted by atomic mass is 16.5. The van der Waals surface area contributed by atoms with Gasteiger partial charge in [-0.1, -0.05) is 38.3 Å². The molecule has 1 aromatic rings. The van der Waals surface area contributed by atoms with Gasteiger partial charge in [0, 0.05) is 16.9 Å². The maximum atomic E-state index is 10.7. The van der Waals surface area contributed by atoms with Gasteiger partial charge >= 0.3 is 0 Å². The first kappa shape index (κ1) is 16.4. The number of benzene rings is 1. The standard InChI is InChI=1S/C21H30O2/c1-6-7-8-9-15-11-17(22)19-16-10-14(2)13-21(16,5)20(3,4)23-18(19)12-15/h10-12,16,22H,6-9,13H2,1-5H3/t16?,21-/m1/s1. The summed E-state index contributed by atoms with van der Waals surface area (Å²) in [7, 11) is 0. The molecule has 2 heteroatoms. The van der Waals surface area contributed by atoms with Gasteiger partial charge in [-0.15, -0.1) is 0 Å². The lowest BCUT2D eigenvalue weighted by atomic mass is 9.63. The SMILES string of the molecule is CCCCCc1cc(O)c2c(c1)OC(C)(C)[C@]1(C)CC(C)=CC21. The number of hydrogen-bond acceptors (Lipinski definition) is 2. The molecule has 126 valence electrons. The van der Waals surface area contributed by atoms with Crippen molar-refractivity contribution >= 4 is 0 Å². The average Bonchev–Trinajstić information content (AvgIpc) is 2.75. The number of fused-ring (bicyclic) bond motifs is 3. The van der Waals surface area contributed by atoms with Gasteiger partial charge in [0.2, 0.25) is 0 Å². The summed E-state index contributed by atoms with van der Waals surface area (Å²) >= 11 is 0. The quantitative estimate of drug-likeness (QED) is 0.567. The molecule has 1 heterocycles. The minimum atomic E-state index is -0.243. The van der Waals surface area contributed by atoms with Gasteiger partial charge < -0.3 is 9.84 Å². The Morgan fingerprint density at radius 1 is 1.22 bits per heavy atom. The fourth-order valence-electron chi connectivity index (χ4n) is 4.39. The van der Waals surface area contributed by atoms with Crippen molar-refractivity contribution in [3.63, 3.8) is 0 Å².